The zero-order valence-corrected chi connectivity index (χ0v) is 20.7. The van der Waals surface area contributed by atoms with Gasteiger partial charge in [0.15, 0.2) is 6.61 Å². The van der Waals surface area contributed by atoms with Gasteiger partial charge in [0, 0.05) is 13.1 Å². The number of carbonyl (C=O) groups excluding carboxylic acids is 2. The number of hydrogen-bond acceptors (Lipinski definition) is 7. The summed E-state index contributed by atoms with van der Waals surface area (Å²) >= 11 is 0. The van der Waals surface area contributed by atoms with E-state index in [0.717, 1.165) is 19.3 Å². The summed E-state index contributed by atoms with van der Waals surface area (Å²) in [6.07, 6.45) is 2.77. The van der Waals surface area contributed by atoms with Crippen molar-refractivity contribution in [2.75, 3.05) is 32.9 Å². The van der Waals surface area contributed by atoms with Crippen molar-refractivity contribution in [1.29, 1.82) is 0 Å². The lowest BCUT2D eigenvalue weighted by Crippen LogP contribution is -2.40. The van der Waals surface area contributed by atoms with Crippen LogP contribution < -0.4 is 0 Å². The van der Waals surface area contributed by atoms with Gasteiger partial charge in [0.1, 0.15) is 6.10 Å². The minimum atomic E-state index is -3.75. The van der Waals surface area contributed by atoms with Crippen molar-refractivity contribution in [1.82, 2.24) is 4.31 Å². The van der Waals surface area contributed by atoms with Gasteiger partial charge in [0.2, 0.25) is 10.0 Å². The molecule has 0 radical (unpaired) electrons. The van der Waals surface area contributed by atoms with Gasteiger partial charge in [-0.1, -0.05) is 33.3 Å². The van der Waals surface area contributed by atoms with Gasteiger partial charge in [-0.05, 0) is 55.2 Å². The van der Waals surface area contributed by atoms with Crippen LogP contribution in [0.15, 0.2) is 23.1 Å². The number of carbonyl (C=O) groups is 2. The molecule has 1 saturated carbocycles. The van der Waals surface area contributed by atoms with E-state index in [0.29, 0.717) is 36.5 Å². The Kier molecular flexibility index (Phi) is 8.53. The van der Waals surface area contributed by atoms with Crippen molar-refractivity contribution < 1.29 is 32.2 Å². The first-order valence-corrected chi connectivity index (χ1v) is 13.1. The summed E-state index contributed by atoms with van der Waals surface area (Å²) in [7, 11) is -3.75. The number of hydrogen-bond donors (Lipinski definition) is 0. The van der Waals surface area contributed by atoms with E-state index in [-0.39, 0.29) is 29.7 Å². The Morgan fingerprint density at radius 3 is 2.55 bits per heavy atom. The molecule has 9 heteroatoms. The summed E-state index contributed by atoms with van der Waals surface area (Å²) in [5, 5.41) is 0. The smallest absolute Gasteiger partial charge is 0.344 e. The molecule has 0 N–H and O–H groups in total. The summed E-state index contributed by atoms with van der Waals surface area (Å²) < 4.78 is 43.3. The predicted molar refractivity (Wildman–Crippen MR) is 122 cm³/mol. The highest BCUT2D eigenvalue weighted by Gasteiger charge is 2.34. The molecule has 0 amide bonds. The molecule has 0 bridgehead atoms. The van der Waals surface area contributed by atoms with Crippen molar-refractivity contribution in [2.24, 2.45) is 17.8 Å². The van der Waals surface area contributed by atoms with E-state index >= 15 is 0 Å². The third kappa shape index (κ3) is 6.33. The van der Waals surface area contributed by atoms with Crippen LogP contribution in [0.2, 0.25) is 0 Å². The first-order chi connectivity index (χ1) is 15.6. The minimum absolute atomic E-state index is 0.0143. The first kappa shape index (κ1) is 25.6. The minimum Gasteiger partial charge on any atom is -0.460 e. The lowest BCUT2D eigenvalue weighted by Gasteiger charge is -2.36. The molecule has 1 aromatic rings. The van der Waals surface area contributed by atoms with Crippen LogP contribution in [0, 0.1) is 24.7 Å². The fourth-order valence-electron chi connectivity index (χ4n) is 4.57. The second-order valence-corrected chi connectivity index (χ2v) is 11.4. The van der Waals surface area contributed by atoms with Gasteiger partial charge in [-0.3, -0.25) is 0 Å². The molecule has 2 fully saturated rings. The van der Waals surface area contributed by atoms with Crippen molar-refractivity contribution in [3.63, 3.8) is 0 Å². The Morgan fingerprint density at radius 2 is 1.88 bits per heavy atom. The molecule has 0 spiro atoms. The number of nitrogens with zero attached hydrogens (tertiary/aromatic N) is 1. The van der Waals surface area contributed by atoms with Crippen LogP contribution in [0.25, 0.3) is 0 Å². The van der Waals surface area contributed by atoms with Gasteiger partial charge in [-0.15, -0.1) is 0 Å². The second kappa shape index (κ2) is 11.0. The summed E-state index contributed by atoms with van der Waals surface area (Å²) in [5.41, 5.74) is 0.679. The van der Waals surface area contributed by atoms with Crippen LogP contribution in [0.3, 0.4) is 0 Å². The number of sulfonamides is 1. The third-order valence-electron chi connectivity index (χ3n) is 6.60. The average molecular weight is 482 g/mol. The molecule has 33 heavy (non-hydrogen) atoms. The summed E-state index contributed by atoms with van der Waals surface area (Å²) in [5.74, 6) is -0.148. The maximum Gasteiger partial charge on any atom is 0.344 e. The van der Waals surface area contributed by atoms with Gasteiger partial charge in [-0.25, -0.2) is 18.0 Å². The molecule has 1 heterocycles. The first-order valence-electron chi connectivity index (χ1n) is 11.6. The zero-order valence-electron chi connectivity index (χ0n) is 19.9. The van der Waals surface area contributed by atoms with E-state index in [9.17, 15) is 18.0 Å². The number of benzene rings is 1. The monoisotopic (exact) mass is 481 g/mol. The molecule has 1 aliphatic carbocycles. The molecule has 0 aromatic heterocycles. The average Bonchev–Trinajstić information content (AvgIpc) is 2.78. The van der Waals surface area contributed by atoms with Crippen molar-refractivity contribution in [2.45, 2.75) is 58.0 Å². The molecule has 184 valence electrons. The topological polar surface area (TPSA) is 99.2 Å². The highest BCUT2D eigenvalue weighted by Crippen LogP contribution is 2.35. The lowest BCUT2D eigenvalue weighted by atomic mass is 9.75. The molecule has 3 rings (SSSR count). The summed E-state index contributed by atoms with van der Waals surface area (Å²) in [4.78, 5) is 25.1. The Bertz CT molecular complexity index is 954. The van der Waals surface area contributed by atoms with Gasteiger partial charge in [0.05, 0.1) is 23.7 Å². The van der Waals surface area contributed by atoms with Gasteiger partial charge >= 0.3 is 11.9 Å². The van der Waals surface area contributed by atoms with E-state index in [1.807, 2.05) is 0 Å². The van der Waals surface area contributed by atoms with E-state index in [2.05, 4.69) is 20.8 Å². The van der Waals surface area contributed by atoms with E-state index in [1.165, 1.54) is 16.4 Å². The number of esters is 2. The van der Waals surface area contributed by atoms with E-state index in [4.69, 9.17) is 14.2 Å². The molecule has 0 unspecified atom stereocenters. The van der Waals surface area contributed by atoms with Crippen LogP contribution in [0.5, 0.6) is 0 Å². The molecular formula is C24H35NO7S. The largest absolute Gasteiger partial charge is 0.460 e. The Labute approximate surface area is 196 Å². The molecule has 3 atom stereocenters. The highest BCUT2D eigenvalue weighted by atomic mass is 32.2. The third-order valence-corrected chi connectivity index (χ3v) is 8.50. The predicted octanol–water partition coefficient (Wildman–Crippen LogP) is 3.18. The molecule has 2 aliphatic rings. The normalized spacial score (nSPS) is 24.5. The lowest BCUT2D eigenvalue weighted by molar-refractivity contribution is -0.159. The number of ether oxygens (including phenoxy) is 3. The van der Waals surface area contributed by atoms with E-state index in [1.54, 1.807) is 13.0 Å². The quantitative estimate of drug-likeness (QED) is 0.552. The molecule has 1 aliphatic heterocycles. The fourth-order valence-corrected chi connectivity index (χ4v) is 6.01. The van der Waals surface area contributed by atoms with Crippen molar-refractivity contribution >= 4 is 22.0 Å². The summed E-state index contributed by atoms with van der Waals surface area (Å²) in [6.45, 7) is 8.78. The van der Waals surface area contributed by atoms with Gasteiger partial charge in [-0.2, -0.15) is 4.31 Å². The number of morpholine rings is 1. The second-order valence-electron chi connectivity index (χ2n) is 9.42. The Morgan fingerprint density at radius 1 is 1.18 bits per heavy atom. The molecule has 8 nitrogen and oxygen atoms in total. The molecular weight excluding hydrogens is 446 g/mol. The Balaban J connectivity index is 1.64. The maximum absolute atomic E-state index is 12.9. The zero-order chi connectivity index (χ0) is 24.2. The fraction of sp³-hybridized carbons (Fsp3) is 0.667. The van der Waals surface area contributed by atoms with Crippen LogP contribution in [0.1, 0.15) is 56.0 Å². The standard InChI is InChI=1S/C24H35NO7S/c1-16(2)20-8-5-17(3)13-22(20)32-23(26)15-31-24(27)21-14-19(7-6-18(21)4)33(28,29)25-9-11-30-12-10-25/h6-7,14,16-17,20,22H,5,8-13,15H2,1-4H3/t17-,20-,22-/m1/s1. The Hall–Kier alpha value is -1.97. The van der Waals surface area contributed by atoms with Gasteiger partial charge < -0.3 is 14.2 Å². The van der Waals surface area contributed by atoms with Crippen LogP contribution in [-0.4, -0.2) is 63.7 Å². The maximum atomic E-state index is 12.9. The number of aryl methyl sites for hydroxylation is 1. The van der Waals surface area contributed by atoms with E-state index < -0.39 is 28.6 Å². The molecule has 1 aromatic carbocycles. The van der Waals surface area contributed by atoms with Gasteiger partial charge in [0.25, 0.3) is 0 Å². The van der Waals surface area contributed by atoms with Crippen LogP contribution >= 0.6 is 0 Å². The van der Waals surface area contributed by atoms with Crippen molar-refractivity contribution in [3.05, 3.63) is 29.3 Å². The molecule has 1 saturated heterocycles. The highest BCUT2D eigenvalue weighted by molar-refractivity contribution is 7.89. The number of rotatable bonds is 7. The van der Waals surface area contributed by atoms with Crippen LogP contribution in [-0.2, 0) is 29.0 Å². The SMILES string of the molecule is Cc1ccc(S(=O)(=O)N2CCOCC2)cc1C(=O)OCC(=O)O[C@@H]1C[C@H](C)CC[C@@H]1C(C)C. The summed E-state index contributed by atoms with van der Waals surface area (Å²) in [6, 6.07) is 4.35. The van der Waals surface area contributed by atoms with Crippen LogP contribution in [0.4, 0.5) is 0 Å². The van der Waals surface area contributed by atoms with Crippen molar-refractivity contribution in [3.8, 4) is 0 Å².